The molecule has 0 saturated carbocycles. The fourth-order valence-corrected chi connectivity index (χ4v) is 2.13. The minimum Gasteiger partial charge on any atom is -0.385 e. The Labute approximate surface area is 122 Å². The van der Waals surface area contributed by atoms with Crippen molar-refractivity contribution in [3.8, 4) is 0 Å². The molecule has 18 heavy (non-hydrogen) atoms. The van der Waals surface area contributed by atoms with Gasteiger partial charge in [-0.3, -0.25) is 4.79 Å². The second-order valence-corrected chi connectivity index (χ2v) is 5.13. The van der Waals surface area contributed by atoms with Crippen LogP contribution in [0.25, 0.3) is 0 Å². The highest BCUT2D eigenvalue weighted by Crippen LogP contribution is 2.19. The number of anilines is 1. The van der Waals surface area contributed by atoms with Gasteiger partial charge in [-0.25, -0.2) is 9.97 Å². The summed E-state index contributed by atoms with van der Waals surface area (Å²) in [7, 11) is 1.61. The Balaban J connectivity index is 2.53. The SMILES string of the molecule is COCCCC(N)C(=O)Nc1ncc(Br)nc1Br. The average Bonchev–Trinajstić information content (AvgIpc) is 2.32. The van der Waals surface area contributed by atoms with Gasteiger partial charge in [-0.15, -0.1) is 0 Å². The number of aromatic nitrogens is 2. The topological polar surface area (TPSA) is 90.1 Å². The van der Waals surface area contributed by atoms with Gasteiger partial charge in [-0.05, 0) is 44.7 Å². The zero-order valence-electron chi connectivity index (χ0n) is 9.82. The summed E-state index contributed by atoms with van der Waals surface area (Å²) in [6, 6.07) is -0.586. The molecule has 1 heterocycles. The van der Waals surface area contributed by atoms with E-state index in [1.807, 2.05) is 0 Å². The normalized spacial score (nSPS) is 12.2. The summed E-state index contributed by atoms with van der Waals surface area (Å²) in [6.07, 6.45) is 2.79. The minimum atomic E-state index is -0.586. The number of rotatable bonds is 6. The number of nitrogens with zero attached hydrogens (tertiary/aromatic N) is 2. The van der Waals surface area contributed by atoms with Gasteiger partial charge < -0.3 is 15.8 Å². The molecule has 1 aromatic heterocycles. The maximum absolute atomic E-state index is 11.8. The first-order valence-corrected chi connectivity index (χ1v) is 6.86. The number of nitrogens with one attached hydrogen (secondary N) is 1. The van der Waals surface area contributed by atoms with Crippen molar-refractivity contribution in [2.75, 3.05) is 19.0 Å². The molecule has 8 heteroatoms. The largest absolute Gasteiger partial charge is 0.385 e. The van der Waals surface area contributed by atoms with Crippen LogP contribution < -0.4 is 11.1 Å². The molecule has 0 fully saturated rings. The molecule has 0 saturated heterocycles. The van der Waals surface area contributed by atoms with E-state index in [4.69, 9.17) is 10.5 Å². The first-order chi connectivity index (χ1) is 8.54. The molecule has 1 amide bonds. The number of halogens is 2. The van der Waals surface area contributed by atoms with Crippen LogP contribution in [-0.4, -0.2) is 35.6 Å². The molecule has 0 aliphatic heterocycles. The van der Waals surface area contributed by atoms with E-state index >= 15 is 0 Å². The molecule has 6 nitrogen and oxygen atoms in total. The minimum absolute atomic E-state index is 0.288. The Kier molecular flexibility index (Phi) is 6.69. The lowest BCUT2D eigenvalue weighted by Crippen LogP contribution is -2.36. The molecule has 0 aliphatic rings. The van der Waals surface area contributed by atoms with E-state index in [2.05, 4.69) is 47.1 Å². The summed E-state index contributed by atoms with van der Waals surface area (Å²) < 4.78 is 5.93. The predicted octanol–water partition coefficient (Wildman–Crippen LogP) is 1.69. The Morgan fingerprint density at radius 3 is 2.94 bits per heavy atom. The van der Waals surface area contributed by atoms with Crippen LogP contribution in [0.5, 0.6) is 0 Å². The third kappa shape index (κ3) is 4.97. The lowest BCUT2D eigenvalue weighted by molar-refractivity contribution is -0.117. The standard InChI is InChI=1S/C10H14Br2N4O2/c1-18-4-2-3-6(13)10(17)16-9-8(12)15-7(11)5-14-9/h5-6H,2-4,13H2,1H3,(H,14,16,17). The van der Waals surface area contributed by atoms with Crippen molar-refractivity contribution in [1.82, 2.24) is 9.97 Å². The van der Waals surface area contributed by atoms with Crippen molar-refractivity contribution < 1.29 is 9.53 Å². The van der Waals surface area contributed by atoms with Gasteiger partial charge in [-0.1, -0.05) is 0 Å². The number of hydrogen-bond acceptors (Lipinski definition) is 5. The Morgan fingerprint density at radius 1 is 1.61 bits per heavy atom. The predicted molar refractivity (Wildman–Crippen MR) is 75.1 cm³/mol. The van der Waals surface area contributed by atoms with Crippen LogP contribution in [0.15, 0.2) is 15.4 Å². The van der Waals surface area contributed by atoms with Crippen molar-refractivity contribution in [2.24, 2.45) is 5.73 Å². The van der Waals surface area contributed by atoms with Crippen LogP contribution in [0, 0.1) is 0 Å². The summed E-state index contributed by atoms with van der Waals surface area (Å²) in [5.41, 5.74) is 5.75. The van der Waals surface area contributed by atoms with E-state index in [0.717, 1.165) is 6.42 Å². The monoisotopic (exact) mass is 380 g/mol. The number of methoxy groups -OCH3 is 1. The third-order valence-corrected chi connectivity index (χ3v) is 3.08. The first kappa shape index (κ1) is 15.5. The zero-order chi connectivity index (χ0) is 13.5. The molecule has 0 bridgehead atoms. The van der Waals surface area contributed by atoms with Crippen molar-refractivity contribution in [3.63, 3.8) is 0 Å². The van der Waals surface area contributed by atoms with E-state index in [1.54, 1.807) is 7.11 Å². The van der Waals surface area contributed by atoms with Crippen LogP contribution in [0.4, 0.5) is 5.82 Å². The van der Waals surface area contributed by atoms with E-state index < -0.39 is 6.04 Å². The van der Waals surface area contributed by atoms with Crippen LogP contribution in [-0.2, 0) is 9.53 Å². The molecular weight excluding hydrogens is 368 g/mol. The van der Waals surface area contributed by atoms with Crippen molar-refractivity contribution in [1.29, 1.82) is 0 Å². The van der Waals surface area contributed by atoms with E-state index in [-0.39, 0.29) is 5.91 Å². The summed E-state index contributed by atoms with van der Waals surface area (Å²) in [4.78, 5) is 19.9. The Bertz CT molecular complexity index is 417. The second-order valence-electron chi connectivity index (χ2n) is 3.56. The fourth-order valence-electron chi connectivity index (χ4n) is 1.22. The van der Waals surface area contributed by atoms with Crippen molar-refractivity contribution in [3.05, 3.63) is 15.4 Å². The van der Waals surface area contributed by atoms with Gasteiger partial charge >= 0.3 is 0 Å². The Hall–Kier alpha value is -0.570. The van der Waals surface area contributed by atoms with Gasteiger partial charge in [0.2, 0.25) is 5.91 Å². The maximum atomic E-state index is 11.8. The van der Waals surface area contributed by atoms with Crippen molar-refractivity contribution in [2.45, 2.75) is 18.9 Å². The summed E-state index contributed by atoms with van der Waals surface area (Å²) >= 11 is 6.39. The third-order valence-electron chi connectivity index (χ3n) is 2.14. The highest BCUT2D eigenvalue weighted by molar-refractivity contribution is 9.11. The molecule has 100 valence electrons. The summed E-state index contributed by atoms with van der Waals surface area (Å²) in [5.74, 6) is 0.0637. The van der Waals surface area contributed by atoms with Gasteiger partial charge in [-0.2, -0.15) is 0 Å². The molecule has 1 rings (SSSR count). The highest BCUT2D eigenvalue weighted by Gasteiger charge is 2.15. The average molecular weight is 382 g/mol. The van der Waals surface area contributed by atoms with Crippen LogP contribution in [0.1, 0.15) is 12.8 Å². The number of carbonyl (C=O) groups excluding carboxylic acids is 1. The number of carbonyl (C=O) groups is 1. The molecule has 0 spiro atoms. The van der Waals surface area contributed by atoms with Crippen LogP contribution in [0.3, 0.4) is 0 Å². The van der Waals surface area contributed by atoms with Gasteiger partial charge in [0.15, 0.2) is 5.82 Å². The van der Waals surface area contributed by atoms with Gasteiger partial charge in [0.25, 0.3) is 0 Å². The molecule has 1 unspecified atom stereocenters. The lowest BCUT2D eigenvalue weighted by atomic mass is 10.1. The lowest BCUT2D eigenvalue weighted by Gasteiger charge is -2.12. The fraction of sp³-hybridized carbons (Fsp3) is 0.500. The maximum Gasteiger partial charge on any atom is 0.242 e. The zero-order valence-corrected chi connectivity index (χ0v) is 13.0. The van der Waals surface area contributed by atoms with E-state index in [1.165, 1.54) is 6.20 Å². The van der Waals surface area contributed by atoms with Crippen LogP contribution >= 0.6 is 31.9 Å². The molecule has 0 radical (unpaired) electrons. The second kappa shape index (κ2) is 7.78. The van der Waals surface area contributed by atoms with Gasteiger partial charge in [0.05, 0.1) is 12.2 Å². The number of amides is 1. The van der Waals surface area contributed by atoms with E-state index in [0.29, 0.717) is 28.1 Å². The number of hydrogen-bond donors (Lipinski definition) is 2. The quantitative estimate of drug-likeness (QED) is 0.732. The number of ether oxygens (including phenoxy) is 1. The highest BCUT2D eigenvalue weighted by atomic mass is 79.9. The van der Waals surface area contributed by atoms with Gasteiger partial charge in [0.1, 0.15) is 9.21 Å². The molecule has 1 atom stereocenters. The smallest absolute Gasteiger partial charge is 0.242 e. The molecule has 0 aliphatic carbocycles. The molecule has 1 aromatic rings. The van der Waals surface area contributed by atoms with Crippen molar-refractivity contribution >= 4 is 43.6 Å². The van der Waals surface area contributed by atoms with Crippen LogP contribution in [0.2, 0.25) is 0 Å². The summed E-state index contributed by atoms with van der Waals surface area (Å²) in [6.45, 7) is 0.586. The molecule has 3 N–H and O–H groups in total. The number of nitrogens with two attached hydrogens (primary N) is 1. The van der Waals surface area contributed by atoms with E-state index in [9.17, 15) is 4.79 Å². The first-order valence-electron chi connectivity index (χ1n) is 5.28. The van der Waals surface area contributed by atoms with Gasteiger partial charge in [0, 0.05) is 13.7 Å². The Morgan fingerprint density at radius 2 is 2.33 bits per heavy atom. The summed E-state index contributed by atoms with van der Waals surface area (Å²) in [5, 5.41) is 2.62. The molecule has 0 aromatic carbocycles. The molecular formula is C10H14Br2N4O2.